The second kappa shape index (κ2) is 5.19. The van der Waals surface area contributed by atoms with Crippen molar-refractivity contribution in [3.8, 4) is 0 Å². The fourth-order valence-electron chi connectivity index (χ4n) is 2.52. The molecule has 0 aliphatic carbocycles. The fourth-order valence-corrected chi connectivity index (χ4v) is 2.73. The summed E-state index contributed by atoms with van der Waals surface area (Å²) in [7, 11) is 0. The molecular weight excluding hydrogens is 260 g/mol. The molecule has 98 valence electrons. The number of fused-ring (bicyclic) bond motifs is 1. The first-order valence-corrected chi connectivity index (χ1v) is 6.79. The summed E-state index contributed by atoms with van der Waals surface area (Å²) in [5, 5.41) is 3.98. The third-order valence-corrected chi connectivity index (χ3v) is 3.69. The summed E-state index contributed by atoms with van der Waals surface area (Å²) in [6, 6.07) is 9.49. The first-order chi connectivity index (χ1) is 9.24. The van der Waals surface area contributed by atoms with E-state index in [1.165, 1.54) is 5.56 Å². The number of benzene rings is 1. The molecule has 0 spiro atoms. The Bertz CT molecular complexity index is 618. The van der Waals surface area contributed by atoms with Crippen LogP contribution in [0.1, 0.15) is 21.6 Å². The zero-order valence-electron chi connectivity index (χ0n) is 10.5. The van der Waals surface area contributed by atoms with Crippen LogP contribution in [0.2, 0.25) is 5.02 Å². The van der Waals surface area contributed by atoms with E-state index >= 15 is 0 Å². The van der Waals surface area contributed by atoms with Gasteiger partial charge in [0.05, 0.1) is 6.42 Å². The van der Waals surface area contributed by atoms with E-state index in [-0.39, 0.29) is 5.91 Å². The molecule has 2 aromatic rings. The molecule has 0 saturated heterocycles. The van der Waals surface area contributed by atoms with Crippen molar-refractivity contribution >= 4 is 17.5 Å². The largest absolute Gasteiger partial charge is 0.312 e. The molecule has 2 heterocycles. The number of carbonyl (C=O) groups excluding carboxylic acids is 1. The van der Waals surface area contributed by atoms with E-state index in [0.29, 0.717) is 11.4 Å². The zero-order chi connectivity index (χ0) is 13.2. The number of rotatable bonds is 2. The predicted octanol–water partition coefficient (Wildman–Crippen LogP) is 2.67. The highest BCUT2D eigenvalue weighted by atomic mass is 35.5. The summed E-state index contributed by atoms with van der Waals surface area (Å²) in [5.74, 6) is 0.102. The molecule has 0 saturated carbocycles. The number of hydrogen-bond donors (Lipinski definition) is 1. The molecule has 1 aliphatic rings. The van der Waals surface area contributed by atoms with Gasteiger partial charge < -0.3 is 5.32 Å². The third kappa shape index (κ3) is 2.57. The minimum absolute atomic E-state index is 0.102. The lowest BCUT2D eigenvalue weighted by molar-refractivity contribution is 0.0911. The van der Waals surface area contributed by atoms with Gasteiger partial charge in [-0.2, -0.15) is 0 Å². The van der Waals surface area contributed by atoms with E-state index in [2.05, 4.69) is 5.32 Å². The van der Waals surface area contributed by atoms with Gasteiger partial charge in [0.25, 0.3) is 0 Å². The molecule has 0 radical (unpaired) electrons. The Morgan fingerprint density at radius 1 is 1.37 bits per heavy atom. The van der Waals surface area contributed by atoms with Crippen LogP contribution in [0, 0.1) is 0 Å². The van der Waals surface area contributed by atoms with Crippen molar-refractivity contribution < 1.29 is 4.79 Å². The summed E-state index contributed by atoms with van der Waals surface area (Å²) in [6.45, 7) is 1.79. The molecule has 1 aromatic heterocycles. The maximum atomic E-state index is 12.4. The maximum absolute atomic E-state index is 12.4. The number of hydrogen-bond acceptors (Lipinski definition) is 2. The van der Waals surface area contributed by atoms with Crippen LogP contribution in [0.4, 0.5) is 0 Å². The summed E-state index contributed by atoms with van der Waals surface area (Å²) < 4.78 is 1.79. The van der Waals surface area contributed by atoms with E-state index in [4.69, 9.17) is 11.6 Å². The van der Waals surface area contributed by atoms with Crippen LogP contribution in [0.15, 0.2) is 36.5 Å². The number of nitrogens with one attached hydrogen (secondary N) is 1. The average molecular weight is 275 g/mol. The molecule has 0 atom stereocenters. The van der Waals surface area contributed by atoms with Crippen molar-refractivity contribution in [3.05, 3.63) is 58.4 Å². The standard InChI is InChI=1S/C15H15ClN2O/c16-13-3-1-2-11(8-13)9-15(19)18-7-5-12-10-17-6-4-14(12)18/h1-3,5,7-8,17H,4,6,9-10H2. The second-order valence-corrected chi connectivity index (χ2v) is 5.22. The summed E-state index contributed by atoms with van der Waals surface area (Å²) >= 11 is 5.94. The fraction of sp³-hybridized carbons (Fsp3) is 0.267. The molecule has 0 amide bonds. The SMILES string of the molecule is O=C(Cc1cccc(Cl)c1)n1ccc2c1CCNC2. The molecule has 19 heavy (non-hydrogen) atoms. The maximum Gasteiger partial charge on any atom is 0.235 e. The number of carbonyl (C=O) groups is 1. The monoisotopic (exact) mass is 274 g/mol. The molecular formula is C15H15ClN2O. The van der Waals surface area contributed by atoms with Crippen LogP contribution in [-0.4, -0.2) is 17.0 Å². The number of aromatic nitrogens is 1. The van der Waals surface area contributed by atoms with Crippen LogP contribution >= 0.6 is 11.6 Å². The van der Waals surface area contributed by atoms with Gasteiger partial charge in [-0.3, -0.25) is 9.36 Å². The molecule has 0 unspecified atom stereocenters. The van der Waals surface area contributed by atoms with Crippen molar-refractivity contribution in [2.45, 2.75) is 19.4 Å². The smallest absolute Gasteiger partial charge is 0.235 e. The van der Waals surface area contributed by atoms with Gasteiger partial charge >= 0.3 is 0 Å². The van der Waals surface area contributed by atoms with Gasteiger partial charge in [-0.15, -0.1) is 0 Å². The number of nitrogens with zero attached hydrogens (tertiary/aromatic N) is 1. The lowest BCUT2D eigenvalue weighted by Gasteiger charge is -2.16. The van der Waals surface area contributed by atoms with E-state index < -0.39 is 0 Å². The van der Waals surface area contributed by atoms with E-state index in [9.17, 15) is 4.79 Å². The van der Waals surface area contributed by atoms with Crippen LogP contribution in [-0.2, 0) is 19.4 Å². The van der Waals surface area contributed by atoms with Crippen molar-refractivity contribution in [2.24, 2.45) is 0 Å². The Morgan fingerprint density at radius 3 is 3.11 bits per heavy atom. The highest BCUT2D eigenvalue weighted by molar-refractivity contribution is 6.30. The van der Waals surface area contributed by atoms with Gasteiger partial charge in [-0.25, -0.2) is 0 Å². The Kier molecular flexibility index (Phi) is 3.40. The van der Waals surface area contributed by atoms with Gasteiger partial charge in [-0.1, -0.05) is 23.7 Å². The van der Waals surface area contributed by atoms with Crippen LogP contribution in [0.5, 0.6) is 0 Å². The summed E-state index contributed by atoms with van der Waals surface area (Å²) in [4.78, 5) is 12.4. The van der Waals surface area contributed by atoms with Gasteiger partial charge in [0, 0.05) is 36.4 Å². The Morgan fingerprint density at radius 2 is 2.26 bits per heavy atom. The predicted molar refractivity (Wildman–Crippen MR) is 75.6 cm³/mol. The Balaban J connectivity index is 1.83. The topological polar surface area (TPSA) is 34.0 Å². The van der Waals surface area contributed by atoms with Crippen LogP contribution in [0.3, 0.4) is 0 Å². The van der Waals surface area contributed by atoms with Crippen LogP contribution < -0.4 is 5.32 Å². The normalized spacial score (nSPS) is 14.2. The minimum Gasteiger partial charge on any atom is -0.312 e. The molecule has 1 aliphatic heterocycles. The van der Waals surface area contributed by atoms with Crippen molar-refractivity contribution in [1.82, 2.24) is 9.88 Å². The molecule has 1 N–H and O–H groups in total. The highest BCUT2D eigenvalue weighted by Crippen LogP contribution is 2.17. The Labute approximate surface area is 117 Å². The third-order valence-electron chi connectivity index (χ3n) is 3.45. The second-order valence-electron chi connectivity index (χ2n) is 4.78. The van der Waals surface area contributed by atoms with Gasteiger partial charge in [0.1, 0.15) is 0 Å². The first kappa shape index (κ1) is 12.5. The quantitative estimate of drug-likeness (QED) is 0.914. The Hall–Kier alpha value is -1.58. The first-order valence-electron chi connectivity index (χ1n) is 6.41. The van der Waals surface area contributed by atoms with Crippen molar-refractivity contribution in [1.29, 1.82) is 0 Å². The molecule has 3 rings (SSSR count). The molecule has 0 fully saturated rings. The van der Waals surface area contributed by atoms with E-state index in [0.717, 1.165) is 30.8 Å². The number of halogens is 1. The van der Waals surface area contributed by atoms with Crippen LogP contribution in [0.25, 0.3) is 0 Å². The van der Waals surface area contributed by atoms with Crippen molar-refractivity contribution in [2.75, 3.05) is 6.54 Å². The molecule has 3 nitrogen and oxygen atoms in total. The summed E-state index contributed by atoms with van der Waals surface area (Å²) in [5.41, 5.74) is 3.32. The lowest BCUT2D eigenvalue weighted by atomic mass is 10.1. The zero-order valence-corrected chi connectivity index (χ0v) is 11.3. The van der Waals surface area contributed by atoms with Gasteiger partial charge in [0.2, 0.25) is 5.91 Å². The molecule has 0 bridgehead atoms. The average Bonchev–Trinajstić information content (AvgIpc) is 2.82. The molecule has 4 heteroatoms. The van der Waals surface area contributed by atoms with E-state index in [1.54, 1.807) is 4.57 Å². The van der Waals surface area contributed by atoms with E-state index in [1.807, 2.05) is 36.5 Å². The minimum atomic E-state index is 0.102. The highest BCUT2D eigenvalue weighted by Gasteiger charge is 2.17. The van der Waals surface area contributed by atoms with Gasteiger partial charge in [-0.05, 0) is 29.3 Å². The summed E-state index contributed by atoms with van der Waals surface area (Å²) in [6.07, 6.45) is 3.17. The molecule has 1 aromatic carbocycles. The van der Waals surface area contributed by atoms with Crippen molar-refractivity contribution in [3.63, 3.8) is 0 Å². The lowest BCUT2D eigenvalue weighted by Crippen LogP contribution is -2.26. The van der Waals surface area contributed by atoms with Gasteiger partial charge in [0.15, 0.2) is 0 Å².